The van der Waals surface area contributed by atoms with Crippen LogP contribution in [0.2, 0.25) is 5.02 Å². The first-order valence-corrected chi connectivity index (χ1v) is 6.79. The number of benzene rings is 1. The molecule has 1 aromatic heterocycles. The van der Waals surface area contributed by atoms with Crippen molar-refractivity contribution in [2.75, 3.05) is 17.6 Å². The minimum atomic E-state index is -0.477. The van der Waals surface area contributed by atoms with E-state index in [-0.39, 0.29) is 5.82 Å². The van der Waals surface area contributed by atoms with Crippen LogP contribution in [0.3, 0.4) is 0 Å². The number of nitrogens with one attached hydrogen (secondary N) is 1. The minimum Gasteiger partial charge on any atom is -0.382 e. The van der Waals surface area contributed by atoms with E-state index in [9.17, 15) is 4.79 Å². The van der Waals surface area contributed by atoms with Crippen molar-refractivity contribution in [3.63, 3.8) is 0 Å². The van der Waals surface area contributed by atoms with Crippen LogP contribution >= 0.6 is 11.6 Å². The van der Waals surface area contributed by atoms with Gasteiger partial charge >= 0.3 is 5.69 Å². The molecule has 22 heavy (non-hydrogen) atoms. The third-order valence-electron chi connectivity index (χ3n) is 2.81. The number of aromatic nitrogens is 2. The van der Waals surface area contributed by atoms with Crippen molar-refractivity contribution in [1.82, 2.24) is 9.55 Å². The Morgan fingerprint density at radius 3 is 2.73 bits per heavy atom. The van der Waals surface area contributed by atoms with Crippen molar-refractivity contribution in [3.8, 4) is 0 Å². The topological polar surface area (TPSA) is 97.7 Å². The second kappa shape index (κ2) is 6.86. The molecule has 1 aromatic carbocycles. The van der Waals surface area contributed by atoms with Crippen LogP contribution in [0.4, 0.5) is 23.0 Å². The molecule has 114 valence electrons. The molecule has 0 unspecified atom stereocenters. The summed E-state index contributed by atoms with van der Waals surface area (Å²) in [4.78, 5) is 15.4. The van der Waals surface area contributed by atoms with Gasteiger partial charge in [0.2, 0.25) is 0 Å². The number of hydrogen-bond acceptors (Lipinski definition) is 6. The zero-order valence-electron chi connectivity index (χ0n) is 12.0. The molecular weight excluding hydrogens is 304 g/mol. The molecule has 1 heterocycles. The maximum atomic E-state index is 11.7. The molecule has 0 aliphatic rings. The summed E-state index contributed by atoms with van der Waals surface area (Å²) in [5.41, 5.74) is 6.20. The third kappa shape index (κ3) is 3.50. The predicted octanol–water partition coefficient (Wildman–Crippen LogP) is 3.03. The van der Waals surface area contributed by atoms with Crippen LogP contribution in [-0.2, 0) is 7.05 Å². The van der Waals surface area contributed by atoms with Crippen molar-refractivity contribution in [1.29, 1.82) is 0 Å². The fourth-order valence-corrected chi connectivity index (χ4v) is 1.82. The van der Waals surface area contributed by atoms with E-state index >= 15 is 0 Å². The molecular formula is C14H15ClN6O. The van der Waals surface area contributed by atoms with Crippen LogP contribution in [0.1, 0.15) is 0 Å². The number of azo groups is 1. The highest BCUT2D eigenvalue weighted by molar-refractivity contribution is 6.30. The van der Waals surface area contributed by atoms with Gasteiger partial charge < -0.3 is 11.1 Å². The zero-order valence-corrected chi connectivity index (χ0v) is 12.7. The Morgan fingerprint density at radius 2 is 2.09 bits per heavy atom. The van der Waals surface area contributed by atoms with E-state index in [1.54, 1.807) is 37.4 Å². The van der Waals surface area contributed by atoms with Gasteiger partial charge in [-0.3, -0.25) is 4.57 Å². The molecule has 2 aromatic rings. The molecule has 0 fully saturated rings. The molecule has 2 rings (SSSR count). The van der Waals surface area contributed by atoms with Gasteiger partial charge in [-0.15, -0.1) is 11.7 Å². The number of halogens is 1. The van der Waals surface area contributed by atoms with Crippen molar-refractivity contribution >= 4 is 34.6 Å². The lowest BCUT2D eigenvalue weighted by Gasteiger charge is -2.12. The molecule has 0 bridgehead atoms. The molecule has 3 N–H and O–H groups in total. The summed E-state index contributed by atoms with van der Waals surface area (Å²) >= 11 is 5.81. The third-order valence-corrected chi connectivity index (χ3v) is 3.06. The minimum absolute atomic E-state index is 0.00683. The summed E-state index contributed by atoms with van der Waals surface area (Å²) in [5.74, 6) is 0.433. The van der Waals surface area contributed by atoms with Crippen LogP contribution < -0.4 is 16.7 Å². The number of nitrogen functional groups attached to an aromatic ring is 1. The van der Waals surface area contributed by atoms with E-state index in [1.165, 1.54) is 4.57 Å². The number of anilines is 2. The van der Waals surface area contributed by atoms with Crippen molar-refractivity contribution in [3.05, 3.63) is 52.4 Å². The average molecular weight is 319 g/mol. The van der Waals surface area contributed by atoms with Gasteiger partial charge in [0.1, 0.15) is 5.82 Å². The highest BCUT2D eigenvalue weighted by atomic mass is 35.5. The molecule has 0 amide bonds. The summed E-state index contributed by atoms with van der Waals surface area (Å²) in [6.07, 6.45) is 1.65. The van der Waals surface area contributed by atoms with E-state index in [4.69, 9.17) is 17.3 Å². The average Bonchev–Trinajstić information content (AvgIpc) is 2.50. The molecule has 0 saturated heterocycles. The lowest BCUT2D eigenvalue weighted by Crippen LogP contribution is -2.24. The molecule has 0 radical (unpaired) electrons. The second-order valence-corrected chi connectivity index (χ2v) is 4.82. The van der Waals surface area contributed by atoms with E-state index in [1.807, 2.05) is 0 Å². The summed E-state index contributed by atoms with van der Waals surface area (Å²) in [6.45, 7) is 4.06. The monoisotopic (exact) mass is 318 g/mol. The van der Waals surface area contributed by atoms with Gasteiger partial charge in [0, 0.05) is 18.6 Å². The Balaban J connectivity index is 2.44. The lowest BCUT2D eigenvalue weighted by atomic mass is 10.3. The summed E-state index contributed by atoms with van der Waals surface area (Å²) in [6, 6.07) is 6.84. The first-order valence-electron chi connectivity index (χ1n) is 6.41. The molecule has 7 nitrogen and oxygen atoms in total. The van der Waals surface area contributed by atoms with Crippen molar-refractivity contribution < 1.29 is 0 Å². The Bertz CT molecular complexity index is 766. The summed E-state index contributed by atoms with van der Waals surface area (Å²) < 4.78 is 1.32. The number of nitrogens with two attached hydrogens (primary N) is 1. The van der Waals surface area contributed by atoms with Crippen LogP contribution in [0.25, 0.3) is 0 Å². The van der Waals surface area contributed by atoms with Gasteiger partial charge in [-0.25, -0.2) is 4.79 Å². The smallest absolute Gasteiger partial charge is 0.350 e. The predicted molar refractivity (Wildman–Crippen MR) is 88.2 cm³/mol. The molecule has 0 saturated carbocycles. The first-order chi connectivity index (χ1) is 10.5. The molecule has 8 heteroatoms. The molecule has 0 aliphatic heterocycles. The summed E-state index contributed by atoms with van der Waals surface area (Å²) in [7, 11) is 1.57. The normalized spacial score (nSPS) is 10.8. The highest BCUT2D eigenvalue weighted by Gasteiger charge is 2.12. The van der Waals surface area contributed by atoms with Crippen LogP contribution in [0, 0.1) is 0 Å². The summed E-state index contributed by atoms with van der Waals surface area (Å²) in [5, 5.41) is 11.8. The molecule has 0 aliphatic carbocycles. The SMILES string of the molecule is C=CCNc1c(N=Nc2ccc(Cl)cc2)c(N)nc(=O)n1C. The van der Waals surface area contributed by atoms with Crippen LogP contribution in [0.15, 0.2) is 51.9 Å². The number of hydrogen-bond donors (Lipinski definition) is 2. The van der Waals surface area contributed by atoms with Gasteiger partial charge in [0.15, 0.2) is 11.5 Å². The van der Waals surface area contributed by atoms with Crippen molar-refractivity contribution in [2.24, 2.45) is 17.3 Å². The van der Waals surface area contributed by atoms with Gasteiger partial charge in [-0.2, -0.15) is 10.1 Å². The maximum absolute atomic E-state index is 11.7. The Hall–Kier alpha value is -2.67. The van der Waals surface area contributed by atoms with Gasteiger partial charge in [-0.05, 0) is 24.3 Å². The number of nitrogens with zero attached hydrogens (tertiary/aromatic N) is 4. The fourth-order valence-electron chi connectivity index (χ4n) is 1.69. The van der Waals surface area contributed by atoms with Crippen LogP contribution in [-0.4, -0.2) is 16.1 Å². The maximum Gasteiger partial charge on any atom is 0.350 e. The Labute approximate surface area is 132 Å². The number of rotatable bonds is 5. The lowest BCUT2D eigenvalue weighted by molar-refractivity contribution is 0.816. The van der Waals surface area contributed by atoms with Crippen LogP contribution in [0.5, 0.6) is 0 Å². The second-order valence-electron chi connectivity index (χ2n) is 4.38. The van der Waals surface area contributed by atoms with Crippen molar-refractivity contribution in [2.45, 2.75) is 0 Å². The Morgan fingerprint density at radius 1 is 1.41 bits per heavy atom. The van der Waals surface area contributed by atoms with E-state index in [0.717, 1.165) is 0 Å². The van der Waals surface area contributed by atoms with Gasteiger partial charge in [0.05, 0.1) is 5.69 Å². The highest BCUT2D eigenvalue weighted by Crippen LogP contribution is 2.30. The Kier molecular flexibility index (Phi) is 4.90. The first kappa shape index (κ1) is 15.7. The molecule has 0 atom stereocenters. The fraction of sp³-hybridized carbons (Fsp3) is 0.143. The zero-order chi connectivity index (χ0) is 16.1. The largest absolute Gasteiger partial charge is 0.382 e. The molecule has 0 spiro atoms. The quantitative estimate of drug-likeness (QED) is 0.654. The van der Waals surface area contributed by atoms with E-state index in [0.29, 0.717) is 28.8 Å². The van der Waals surface area contributed by atoms with Gasteiger partial charge in [-0.1, -0.05) is 17.7 Å². The van der Waals surface area contributed by atoms with Gasteiger partial charge in [0.25, 0.3) is 0 Å². The van der Waals surface area contributed by atoms with E-state index in [2.05, 4.69) is 27.1 Å². The van der Waals surface area contributed by atoms with E-state index < -0.39 is 5.69 Å². The standard InChI is InChI=1S/C14H15ClN6O/c1-3-8-17-13-11(12(16)18-14(22)21(13)2)20-19-10-6-4-9(15)5-7-10/h3-7,17H,1,8H2,2H3,(H2,16,18,22).